The molecule has 1 aromatic carbocycles. The molecule has 0 saturated heterocycles. The zero-order valence-electron chi connectivity index (χ0n) is 9.05. The van der Waals surface area contributed by atoms with E-state index >= 15 is 0 Å². The Balaban J connectivity index is 2.57. The Morgan fingerprint density at radius 1 is 1.53 bits per heavy atom. The maximum Gasteiger partial charge on any atom is 0.329 e. The molecule has 0 bridgehead atoms. The Bertz CT molecular complexity index is 459. The molecule has 0 atom stereocenters. The van der Waals surface area contributed by atoms with E-state index in [1.165, 1.54) is 13.1 Å². The van der Waals surface area contributed by atoms with Crippen LogP contribution in [0.3, 0.4) is 0 Å². The molecule has 6 nitrogen and oxygen atoms in total. The normalized spacial score (nSPS) is 11.5. The summed E-state index contributed by atoms with van der Waals surface area (Å²) in [4.78, 5) is 14.8. The standard InChI is InChI=1S/C10H11ClN4O2/c1-7(16)17-15-10(12)14-13-6-8-4-2-3-5-9(8)11/h2-6H,1H3,(H3,12,14,15)/b13-6+. The van der Waals surface area contributed by atoms with E-state index in [0.717, 1.165) is 0 Å². The van der Waals surface area contributed by atoms with Crippen LogP contribution in [-0.2, 0) is 9.63 Å². The minimum absolute atomic E-state index is 0.136. The van der Waals surface area contributed by atoms with Gasteiger partial charge in [-0.2, -0.15) is 10.6 Å². The highest BCUT2D eigenvalue weighted by Gasteiger charge is 1.95. The molecule has 0 unspecified atom stereocenters. The van der Waals surface area contributed by atoms with Crippen molar-refractivity contribution in [1.29, 1.82) is 0 Å². The number of guanidine groups is 1. The van der Waals surface area contributed by atoms with Crippen LogP contribution in [0.5, 0.6) is 0 Å². The van der Waals surface area contributed by atoms with Gasteiger partial charge in [0.2, 0.25) is 5.96 Å². The molecule has 7 heteroatoms. The van der Waals surface area contributed by atoms with Crippen molar-refractivity contribution in [3.63, 3.8) is 0 Å². The minimum Gasteiger partial charge on any atom is -0.366 e. The van der Waals surface area contributed by atoms with Crippen molar-refractivity contribution >= 4 is 29.7 Å². The van der Waals surface area contributed by atoms with E-state index < -0.39 is 5.97 Å². The molecule has 0 radical (unpaired) electrons. The van der Waals surface area contributed by atoms with Crippen LogP contribution in [0.25, 0.3) is 0 Å². The molecule has 0 saturated carbocycles. The van der Waals surface area contributed by atoms with Gasteiger partial charge in [0.05, 0.1) is 6.21 Å². The van der Waals surface area contributed by atoms with E-state index in [0.29, 0.717) is 10.6 Å². The van der Waals surface area contributed by atoms with Gasteiger partial charge < -0.3 is 10.6 Å². The average molecular weight is 255 g/mol. The van der Waals surface area contributed by atoms with Crippen LogP contribution in [0.1, 0.15) is 12.5 Å². The minimum atomic E-state index is -0.529. The fraction of sp³-hybridized carbons (Fsp3) is 0.100. The molecule has 0 aliphatic rings. The van der Waals surface area contributed by atoms with Gasteiger partial charge in [-0.1, -0.05) is 29.8 Å². The molecule has 0 heterocycles. The maximum absolute atomic E-state index is 10.4. The summed E-state index contributed by atoms with van der Waals surface area (Å²) in [5.74, 6) is -0.665. The number of nitrogens with zero attached hydrogens (tertiary/aromatic N) is 2. The van der Waals surface area contributed by atoms with Crippen LogP contribution >= 0.6 is 11.6 Å². The molecule has 1 aromatic rings. The number of nitrogens with two attached hydrogens (primary N) is 1. The highest BCUT2D eigenvalue weighted by molar-refractivity contribution is 6.33. The van der Waals surface area contributed by atoms with E-state index in [2.05, 4.69) is 20.5 Å². The molecule has 17 heavy (non-hydrogen) atoms. The second-order valence-corrected chi connectivity index (χ2v) is 3.35. The van der Waals surface area contributed by atoms with E-state index in [-0.39, 0.29) is 5.96 Å². The number of nitrogens with one attached hydrogen (secondary N) is 1. The van der Waals surface area contributed by atoms with Crippen LogP contribution in [0.2, 0.25) is 5.02 Å². The third-order valence-electron chi connectivity index (χ3n) is 1.57. The second-order valence-electron chi connectivity index (χ2n) is 2.95. The lowest BCUT2D eigenvalue weighted by molar-refractivity contribution is -0.145. The fourth-order valence-electron chi connectivity index (χ4n) is 0.878. The lowest BCUT2D eigenvalue weighted by Gasteiger charge is -2.00. The summed E-state index contributed by atoms with van der Waals surface area (Å²) < 4.78 is 0. The molecule has 0 aromatic heterocycles. The van der Waals surface area contributed by atoms with Crippen molar-refractivity contribution in [3.05, 3.63) is 34.9 Å². The first-order chi connectivity index (χ1) is 8.09. The van der Waals surface area contributed by atoms with Crippen molar-refractivity contribution in [2.24, 2.45) is 15.9 Å². The van der Waals surface area contributed by atoms with Gasteiger partial charge in [-0.05, 0) is 6.07 Å². The smallest absolute Gasteiger partial charge is 0.329 e. The number of hydrogen-bond acceptors (Lipinski definition) is 4. The van der Waals surface area contributed by atoms with E-state index in [4.69, 9.17) is 17.3 Å². The van der Waals surface area contributed by atoms with Gasteiger partial charge in [-0.15, -0.1) is 5.10 Å². The lowest BCUT2D eigenvalue weighted by Crippen LogP contribution is -2.32. The molecule has 1 rings (SSSR count). The Morgan fingerprint density at radius 3 is 2.88 bits per heavy atom. The van der Waals surface area contributed by atoms with Crippen LogP contribution in [0.15, 0.2) is 34.5 Å². The first kappa shape index (κ1) is 13.0. The highest BCUT2D eigenvalue weighted by Crippen LogP contribution is 2.12. The molecule has 3 N–H and O–H groups in total. The Labute approximate surface area is 103 Å². The van der Waals surface area contributed by atoms with Gasteiger partial charge in [0.1, 0.15) is 0 Å². The second kappa shape index (κ2) is 6.49. The summed E-state index contributed by atoms with van der Waals surface area (Å²) in [6.45, 7) is 1.23. The number of halogens is 1. The van der Waals surface area contributed by atoms with Crippen LogP contribution in [0.4, 0.5) is 0 Å². The predicted octanol–water partition coefficient (Wildman–Crippen LogP) is 1.06. The molecule has 0 fully saturated rings. The summed E-state index contributed by atoms with van der Waals surface area (Å²) in [5, 5.41) is 7.78. The first-order valence-corrected chi connectivity index (χ1v) is 5.02. The van der Waals surface area contributed by atoms with Crippen LogP contribution in [0, 0.1) is 0 Å². The van der Waals surface area contributed by atoms with Crippen molar-refractivity contribution in [1.82, 2.24) is 5.48 Å². The zero-order chi connectivity index (χ0) is 12.7. The van der Waals surface area contributed by atoms with Gasteiger partial charge in [0.15, 0.2) is 0 Å². The highest BCUT2D eigenvalue weighted by atomic mass is 35.5. The molecular weight excluding hydrogens is 244 g/mol. The van der Waals surface area contributed by atoms with E-state index in [1.54, 1.807) is 18.2 Å². The molecule has 0 aliphatic carbocycles. The number of hydrogen-bond donors (Lipinski definition) is 2. The SMILES string of the molecule is CC(=O)ONC(N)=N/N=C/c1ccccc1Cl. The monoisotopic (exact) mass is 254 g/mol. The van der Waals surface area contributed by atoms with E-state index in [1.807, 2.05) is 6.07 Å². The van der Waals surface area contributed by atoms with Gasteiger partial charge >= 0.3 is 5.97 Å². The molecule has 0 aliphatic heterocycles. The Hall–Kier alpha value is -2.08. The summed E-state index contributed by atoms with van der Waals surface area (Å²) in [6.07, 6.45) is 1.44. The van der Waals surface area contributed by atoms with Gasteiger partial charge in [0.25, 0.3) is 0 Å². The van der Waals surface area contributed by atoms with Crippen molar-refractivity contribution in [2.75, 3.05) is 0 Å². The fourth-order valence-corrected chi connectivity index (χ4v) is 1.06. The Kier molecular flexibility index (Phi) is 4.96. The average Bonchev–Trinajstić information content (AvgIpc) is 2.29. The topological polar surface area (TPSA) is 89.1 Å². The predicted molar refractivity (Wildman–Crippen MR) is 65.6 cm³/mol. The molecule has 90 valence electrons. The molecular formula is C10H11ClN4O2. The van der Waals surface area contributed by atoms with Gasteiger partial charge in [0, 0.05) is 17.5 Å². The molecule has 0 spiro atoms. The first-order valence-electron chi connectivity index (χ1n) is 4.64. The summed E-state index contributed by atoms with van der Waals surface area (Å²) >= 11 is 5.89. The van der Waals surface area contributed by atoms with Crippen molar-refractivity contribution in [3.8, 4) is 0 Å². The Morgan fingerprint density at radius 2 is 2.24 bits per heavy atom. The third kappa shape index (κ3) is 4.98. The van der Waals surface area contributed by atoms with Crippen LogP contribution in [-0.4, -0.2) is 18.1 Å². The summed E-state index contributed by atoms with van der Waals surface area (Å²) in [7, 11) is 0. The summed E-state index contributed by atoms with van der Waals surface area (Å²) in [5.41, 5.74) is 8.16. The number of hydroxylamine groups is 1. The number of carbonyl (C=O) groups excluding carboxylic acids is 1. The van der Waals surface area contributed by atoms with Crippen LogP contribution < -0.4 is 11.2 Å². The number of carbonyl (C=O) groups is 1. The zero-order valence-corrected chi connectivity index (χ0v) is 9.81. The van der Waals surface area contributed by atoms with E-state index in [9.17, 15) is 4.79 Å². The van der Waals surface area contributed by atoms with Crippen molar-refractivity contribution < 1.29 is 9.63 Å². The lowest BCUT2D eigenvalue weighted by atomic mass is 10.2. The third-order valence-corrected chi connectivity index (χ3v) is 1.91. The summed E-state index contributed by atoms with van der Waals surface area (Å²) in [6, 6.07) is 7.13. The van der Waals surface area contributed by atoms with Crippen molar-refractivity contribution in [2.45, 2.75) is 6.92 Å². The number of rotatable bonds is 2. The molecule has 0 amide bonds. The van der Waals surface area contributed by atoms with Gasteiger partial charge in [-0.3, -0.25) is 4.79 Å². The van der Waals surface area contributed by atoms with Gasteiger partial charge in [-0.25, -0.2) is 0 Å². The number of benzene rings is 1. The largest absolute Gasteiger partial charge is 0.366 e. The maximum atomic E-state index is 10.4. The quantitative estimate of drug-likeness (QED) is 0.469.